The summed E-state index contributed by atoms with van der Waals surface area (Å²) in [6, 6.07) is 3.83. The normalized spacial score (nSPS) is 16.4. The summed E-state index contributed by atoms with van der Waals surface area (Å²) in [7, 11) is 1.62. The third-order valence-electron chi connectivity index (χ3n) is 3.76. The SMILES string of the molecule is CNC(=O)c1cc(N2CCC(CCN)CC2)ccn1. The molecule has 0 atom stereocenters. The van der Waals surface area contributed by atoms with Crippen molar-refractivity contribution in [1.82, 2.24) is 10.3 Å². The lowest BCUT2D eigenvalue weighted by atomic mass is 9.93. The summed E-state index contributed by atoms with van der Waals surface area (Å²) >= 11 is 0. The Hall–Kier alpha value is -1.62. The summed E-state index contributed by atoms with van der Waals surface area (Å²) in [4.78, 5) is 18.0. The molecule has 0 spiro atoms. The van der Waals surface area contributed by atoms with Gasteiger partial charge in [-0.05, 0) is 43.9 Å². The second kappa shape index (κ2) is 6.52. The number of carbonyl (C=O) groups excluding carboxylic acids is 1. The third kappa shape index (κ3) is 3.44. The van der Waals surface area contributed by atoms with Gasteiger partial charge in [-0.1, -0.05) is 0 Å². The topological polar surface area (TPSA) is 71.2 Å². The molecule has 1 aliphatic heterocycles. The average Bonchev–Trinajstić information content (AvgIpc) is 2.48. The van der Waals surface area contributed by atoms with Crippen molar-refractivity contribution in [2.75, 3.05) is 31.6 Å². The Morgan fingerprint density at radius 2 is 2.26 bits per heavy atom. The number of pyridine rings is 1. The predicted octanol–water partition coefficient (Wildman–Crippen LogP) is 1.01. The first-order valence-corrected chi connectivity index (χ1v) is 6.87. The van der Waals surface area contributed by atoms with E-state index in [-0.39, 0.29) is 5.91 Å². The number of amides is 1. The number of hydrogen-bond donors (Lipinski definition) is 2. The highest BCUT2D eigenvalue weighted by molar-refractivity contribution is 5.92. The van der Waals surface area contributed by atoms with Crippen molar-refractivity contribution < 1.29 is 4.79 Å². The molecule has 19 heavy (non-hydrogen) atoms. The van der Waals surface area contributed by atoms with Gasteiger partial charge >= 0.3 is 0 Å². The molecule has 2 heterocycles. The van der Waals surface area contributed by atoms with E-state index in [9.17, 15) is 4.79 Å². The van der Waals surface area contributed by atoms with E-state index in [2.05, 4.69) is 15.2 Å². The van der Waals surface area contributed by atoms with Crippen LogP contribution in [0.5, 0.6) is 0 Å². The summed E-state index contributed by atoms with van der Waals surface area (Å²) in [5.74, 6) is 0.612. The van der Waals surface area contributed by atoms with E-state index >= 15 is 0 Å². The molecule has 1 fully saturated rings. The van der Waals surface area contributed by atoms with Crippen LogP contribution < -0.4 is 16.0 Å². The van der Waals surface area contributed by atoms with E-state index in [0.717, 1.165) is 37.7 Å². The van der Waals surface area contributed by atoms with Crippen molar-refractivity contribution in [1.29, 1.82) is 0 Å². The van der Waals surface area contributed by atoms with Crippen molar-refractivity contribution in [2.45, 2.75) is 19.3 Å². The minimum Gasteiger partial charge on any atom is -0.371 e. The Kier molecular flexibility index (Phi) is 4.74. The molecule has 1 aliphatic rings. The molecule has 1 aromatic rings. The van der Waals surface area contributed by atoms with Gasteiger partial charge in [-0.2, -0.15) is 0 Å². The van der Waals surface area contributed by atoms with Crippen LogP contribution >= 0.6 is 0 Å². The maximum atomic E-state index is 11.6. The lowest BCUT2D eigenvalue weighted by molar-refractivity contribution is 0.0958. The van der Waals surface area contributed by atoms with Crippen LogP contribution in [0.15, 0.2) is 18.3 Å². The van der Waals surface area contributed by atoms with Gasteiger partial charge in [-0.25, -0.2) is 0 Å². The quantitative estimate of drug-likeness (QED) is 0.849. The molecule has 0 aromatic carbocycles. The smallest absolute Gasteiger partial charge is 0.269 e. The number of nitrogens with two attached hydrogens (primary N) is 1. The molecular weight excluding hydrogens is 240 g/mol. The fourth-order valence-corrected chi connectivity index (χ4v) is 2.58. The third-order valence-corrected chi connectivity index (χ3v) is 3.76. The van der Waals surface area contributed by atoms with E-state index in [1.165, 1.54) is 12.8 Å². The largest absolute Gasteiger partial charge is 0.371 e. The molecule has 5 heteroatoms. The number of rotatable bonds is 4. The maximum Gasteiger partial charge on any atom is 0.269 e. The lowest BCUT2D eigenvalue weighted by Gasteiger charge is -2.33. The molecule has 0 aliphatic carbocycles. The Bertz CT molecular complexity index is 427. The molecule has 1 amide bonds. The van der Waals surface area contributed by atoms with Crippen LogP contribution in [-0.2, 0) is 0 Å². The number of anilines is 1. The molecule has 1 aromatic heterocycles. The van der Waals surface area contributed by atoms with Gasteiger partial charge in [0.25, 0.3) is 5.91 Å². The number of hydrogen-bond acceptors (Lipinski definition) is 4. The van der Waals surface area contributed by atoms with Crippen molar-refractivity contribution in [3.05, 3.63) is 24.0 Å². The fraction of sp³-hybridized carbons (Fsp3) is 0.571. The van der Waals surface area contributed by atoms with Crippen molar-refractivity contribution in [3.8, 4) is 0 Å². The number of carbonyl (C=O) groups is 1. The van der Waals surface area contributed by atoms with Gasteiger partial charge < -0.3 is 16.0 Å². The number of piperidine rings is 1. The highest BCUT2D eigenvalue weighted by Gasteiger charge is 2.19. The van der Waals surface area contributed by atoms with Crippen LogP contribution in [0.3, 0.4) is 0 Å². The molecule has 3 N–H and O–H groups in total. The summed E-state index contributed by atoms with van der Waals surface area (Å²) in [6.45, 7) is 2.84. The molecule has 0 bridgehead atoms. The minimum absolute atomic E-state index is 0.139. The first kappa shape index (κ1) is 13.8. The minimum atomic E-state index is -0.139. The summed E-state index contributed by atoms with van der Waals surface area (Å²) in [5, 5.41) is 2.60. The van der Waals surface area contributed by atoms with Gasteiger partial charge in [0, 0.05) is 32.0 Å². The van der Waals surface area contributed by atoms with E-state index in [1.807, 2.05) is 12.1 Å². The Morgan fingerprint density at radius 1 is 1.53 bits per heavy atom. The van der Waals surface area contributed by atoms with Gasteiger partial charge in [0.05, 0.1) is 0 Å². The zero-order valence-electron chi connectivity index (χ0n) is 11.4. The number of nitrogens with zero attached hydrogens (tertiary/aromatic N) is 2. The van der Waals surface area contributed by atoms with Crippen LogP contribution in [-0.4, -0.2) is 37.6 Å². The van der Waals surface area contributed by atoms with E-state index in [0.29, 0.717) is 5.69 Å². The molecule has 1 saturated heterocycles. The summed E-state index contributed by atoms with van der Waals surface area (Å²) < 4.78 is 0. The molecule has 0 unspecified atom stereocenters. The van der Waals surface area contributed by atoms with Gasteiger partial charge in [-0.15, -0.1) is 0 Å². The molecule has 0 saturated carbocycles. The Morgan fingerprint density at radius 3 is 2.89 bits per heavy atom. The standard InChI is InChI=1S/C14H22N4O/c1-16-14(19)13-10-12(3-7-17-13)18-8-4-11(2-6-15)5-9-18/h3,7,10-11H,2,4-6,8-9,15H2,1H3,(H,16,19). The highest BCUT2D eigenvalue weighted by Crippen LogP contribution is 2.24. The first-order chi connectivity index (χ1) is 9.24. The molecule has 5 nitrogen and oxygen atoms in total. The number of aromatic nitrogens is 1. The summed E-state index contributed by atoms with van der Waals surface area (Å²) in [6.07, 6.45) is 5.17. The van der Waals surface area contributed by atoms with E-state index in [4.69, 9.17) is 5.73 Å². The first-order valence-electron chi connectivity index (χ1n) is 6.87. The zero-order chi connectivity index (χ0) is 13.7. The fourth-order valence-electron chi connectivity index (χ4n) is 2.58. The molecule has 2 rings (SSSR count). The average molecular weight is 262 g/mol. The van der Waals surface area contributed by atoms with Gasteiger partial charge in [0.15, 0.2) is 0 Å². The molecular formula is C14H22N4O. The van der Waals surface area contributed by atoms with Crippen molar-refractivity contribution in [3.63, 3.8) is 0 Å². The number of nitrogens with one attached hydrogen (secondary N) is 1. The Balaban J connectivity index is 2.01. The van der Waals surface area contributed by atoms with Crippen LogP contribution in [0.2, 0.25) is 0 Å². The van der Waals surface area contributed by atoms with Gasteiger partial charge in [0.2, 0.25) is 0 Å². The maximum absolute atomic E-state index is 11.6. The highest BCUT2D eigenvalue weighted by atomic mass is 16.1. The monoisotopic (exact) mass is 262 g/mol. The second-order valence-electron chi connectivity index (χ2n) is 4.99. The van der Waals surface area contributed by atoms with Crippen LogP contribution in [0.1, 0.15) is 29.8 Å². The Labute approximate surface area is 114 Å². The lowest BCUT2D eigenvalue weighted by Crippen LogP contribution is -2.34. The van der Waals surface area contributed by atoms with Gasteiger partial charge in [-0.3, -0.25) is 9.78 Å². The zero-order valence-corrected chi connectivity index (χ0v) is 11.4. The van der Waals surface area contributed by atoms with Crippen LogP contribution in [0, 0.1) is 5.92 Å². The van der Waals surface area contributed by atoms with E-state index < -0.39 is 0 Å². The van der Waals surface area contributed by atoms with E-state index in [1.54, 1.807) is 13.2 Å². The second-order valence-corrected chi connectivity index (χ2v) is 4.99. The van der Waals surface area contributed by atoms with Crippen LogP contribution in [0.4, 0.5) is 5.69 Å². The predicted molar refractivity (Wildman–Crippen MR) is 76.2 cm³/mol. The van der Waals surface area contributed by atoms with Crippen LogP contribution in [0.25, 0.3) is 0 Å². The molecule has 0 radical (unpaired) electrons. The van der Waals surface area contributed by atoms with Crippen molar-refractivity contribution >= 4 is 11.6 Å². The van der Waals surface area contributed by atoms with Crippen molar-refractivity contribution in [2.24, 2.45) is 11.7 Å². The molecule has 104 valence electrons. The van der Waals surface area contributed by atoms with Gasteiger partial charge in [0.1, 0.15) is 5.69 Å². The summed E-state index contributed by atoms with van der Waals surface area (Å²) in [5.41, 5.74) is 7.17.